The lowest BCUT2D eigenvalue weighted by Crippen LogP contribution is -2.33. The first-order chi connectivity index (χ1) is 12.9. The van der Waals surface area contributed by atoms with Crippen molar-refractivity contribution in [3.05, 3.63) is 0 Å². The molecule has 0 amide bonds. The van der Waals surface area contributed by atoms with E-state index in [0.29, 0.717) is 12.1 Å². The molecule has 2 heteroatoms. The minimum absolute atomic E-state index is 0.621. The van der Waals surface area contributed by atoms with Crippen molar-refractivity contribution in [1.29, 1.82) is 0 Å². The summed E-state index contributed by atoms with van der Waals surface area (Å²) in [6, 6.07) is 1.24. The Labute approximate surface area is 160 Å². The fourth-order valence-corrected chi connectivity index (χ4v) is 7.21. The molecule has 2 nitrogen and oxygen atoms in total. The third kappa shape index (κ3) is 3.31. The third-order valence-electron chi connectivity index (χ3n) is 8.41. The average molecular weight is 355 g/mol. The molecule has 0 radical (unpaired) electrons. The van der Waals surface area contributed by atoms with E-state index in [9.17, 15) is 0 Å². The van der Waals surface area contributed by atoms with E-state index < -0.39 is 0 Å². The molecule has 0 aromatic heterocycles. The Bertz CT molecular complexity index is 503. The molecule has 2 unspecified atom stereocenters. The Hall–Kier alpha value is -0.660. The highest BCUT2D eigenvalue weighted by molar-refractivity contribution is 6.46. The van der Waals surface area contributed by atoms with Crippen LogP contribution in [-0.2, 0) is 0 Å². The number of rotatable bonds is 2. The van der Waals surface area contributed by atoms with Gasteiger partial charge in [0.2, 0.25) is 0 Å². The summed E-state index contributed by atoms with van der Waals surface area (Å²) in [5.74, 6) is 3.47. The van der Waals surface area contributed by atoms with Gasteiger partial charge in [-0.1, -0.05) is 64.2 Å². The summed E-state index contributed by atoms with van der Waals surface area (Å²) in [6.45, 7) is 0. The van der Waals surface area contributed by atoms with Crippen LogP contribution in [0.25, 0.3) is 0 Å². The number of hydrogen-bond acceptors (Lipinski definition) is 2. The fourth-order valence-electron chi connectivity index (χ4n) is 7.21. The largest absolute Gasteiger partial charge is 0.284 e. The Morgan fingerprint density at radius 1 is 0.462 bits per heavy atom. The fraction of sp³-hybridized carbons (Fsp3) is 0.917. The molecule has 0 spiro atoms. The van der Waals surface area contributed by atoms with Gasteiger partial charge in [0.1, 0.15) is 0 Å². The first-order valence-corrected chi connectivity index (χ1v) is 12.1. The zero-order valence-corrected chi connectivity index (χ0v) is 16.7. The van der Waals surface area contributed by atoms with Gasteiger partial charge in [-0.25, -0.2) is 0 Å². The van der Waals surface area contributed by atoms with Crippen molar-refractivity contribution in [2.24, 2.45) is 33.7 Å². The molecule has 0 saturated heterocycles. The van der Waals surface area contributed by atoms with Crippen LogP contribution in [0.15, 0.2) is 9.98 Å². The van der Waals surface area contributed by atoms with Crippen LogP contribution in [0.1, 0.15) is 103 Å². The van der Waals surface area contributed by atoms with Gasteiger partial charge in [0.25, 0.3) is 0 Å². The first-order valence-electron chi connectivity index (χ1n) is 12.1. The van der Waals surface area contributed by atoms with Gasteiger partial charge in [-0.2, -0.15) is 0 Å². The second kappa shape index (κ2) is 7.76. The number of nitrogens with zero attached hydrogens (tertiary/aromatic N) is 2. The summed E-state index contributed by atoms with van der Waals surface area (Å²) in [5, 5.41) is 0. The van der Waals surface area contributed by atoms with Crippen molar-refractivity contribution in [2.45, 2.75) is 115 Å². The molecule has 144 valence electrons. The molecule has 5 aliphatic rings. The monoisotopic (exact) mass is 354 g/mol. The van der Waals surface area contributed by atoms with Gasteiger partial charge in [0, 0.05) is 11.8 Å². The lowest BCUT2D eigenvalue weighted by Gasteiger charge is -2.40. The van der Waals surface area contributed by atoms with Gasteiger partial charge in [-0.05, 0) is 50.4 Å². The standard InChI is InChI=1S/C24H38N2/c1-3-11-18(12-4-1)25-23-20-15-7-9-17-10-8-16-21(22(17)20)24(23)26-19-13-5-2-6-14-19/h17-22H,1-16H2/t17?,20-,21+,22?. The maximum atomic E-state index is 5.51. The zero-order chi connectivity index (χ0) is 17.3. The van der Waals surface area contributed by atoms with Gasteiger partial charge < -0.3 is 0 Å². The predicted octanol–water partition coefficient (Wildman–Crippen LogP) is 6.38. The smallest absolute Gasteiger partial charge is 0.0598 e. The van der Waals surface area contributed by atoms with Crippen molar-refractivity contribution in [1.82, 2.24) is 0 Å². The van der Waals surface area contributed by atoms with E-state index in [4.69, 9.17) is 9.98 Å². The van der Waals surface area contributed by atoms with Crippen LogP contribution in [0, 0.1) is 23.7 Å². The quantitative estimate of drug-likeness (QED) is 0.549. The highest BCUT2D eigenvalue weighted by atomic mass is 14.9. The Balaban J connectivity index is 1.49. The molecular formula is C24H38N2. The molecule has 0 aliphatic heterocycles. The molecule has 0 heterocycles. The molecule has 5 rings (SSSR count). The van der Waals surface area contributed by atoms with Gasteiger partial charge >= 0.3 is 0 Å². The van der Waals surface area contributed by atoms with Gasteiger partial charge in [-0.3, -0.25) is 9.98 Å². The molecule has 5 fully saturated rings. The minimum atomic E-state index is 0.621. The Kier molecular flexibility index (Phi) is 5.20. The summed E-state index contributed by atoms with van der Waals surface area (Å²) >= 11 is 0. The normalized spacial score (nSPS) is 42.3. The van der Waals surface area contributed by atoms with E-state index in [1.807, 2.05) is 0 Å². The minimum Gasteiger partial charge on any atom is -0.284 e. The third-order valence-corrected chi connectivity index (χ3v) is 8.41. The molecule has 0 aromatic carbocycles. The van der Waals surface area contributed by atoms with E-state index in [-0.39, 0.29) is 0 Å². The summed E-state index contributed by atoms with van der Waals surface area (Å²) in [6.07, 6.45) is 22.5. The highest BCUT2D eigenvalue weighted by Crippen LogP contribution is 2.53. The summed E-state index contributed by atoms with van der Waals surface area (Å²) < 4.78 is 0. The zero-order valence-electron chi connectivity index (χ0n) is 16.7. The van der Waals surface area contributed by atoms with Crippen LogP contribution in [0.3, 0.4) is 0 Å². The van der Waals surface area contributed by atoms with E-state index >= 15 is 0 Å². The van der Waals surface area contributed by atoms with Crippen molar-refractivity contribution in [3.63, 3.8) is 0 Å². The van der Waals surface area contributed by atoms with E-state index in [2.05, 4.69) is 0 Å². The van der Waals surface area contributed by atoms with E-state index in [1.54, 1.807) is 11.4 Å². The molecule has 0 bridgehead atoms. The second-order valence-corrected chi connectivity index (χ2v) is 10.0. The topological polar surface area (TPSA) is 24.7 Å². The second-order valence-electron chi connectivity index (χ2n) is 10.0. The average Bonchev–Trinajstić information content (AvgIpc) is 2.99. The Morgan fingerprint density at radius 2 is 0.923 bits per heavy atom. The van der Waals surface area contributed by atoms with Crippen LogP contribution >= 0.6 is 0 Å². The molecular weight excluding hydrogens is 316 g/mol. The molecule has 0 N–H and O–H groups in total. The highest BCUT2D eigenvalue weighted by Gasteiger charge is 2.51. The summed E-state index contributed by atoms with van der Waals surface area (Å²) in [5.41, 5.74) is 3.09. The molecule has 5 saturated carbocycles. The lowest BCUT2D eigenvalue weighted by molar-refractivity contribution is 0.122. The van der Waals surface area contributed by atoms with Crippen molar-refractivity contribution >= 4 is 11.4 Å². The molecule has 0 aromatic rings. The van der Waals surface area contributed by atoms with Gasteiger partial charge in [0.15, 0.2) is 0 Å². The van der Waals surface area contributed by atoms with Crippen LogP contribution in [0.5, 0.6) is 0 Å². The number of aliphatic imine (C=N–C) groups is 2. The SMILES string of the molecule is C1CCC(N=C2C(=NC3CCCCC3)[C@@H]3CCCC4CCC[C@H]2C43)CC1. The van der Waals surface area contributed by atoms with Gasteiger partial charge in [0.05, 0.1) is 23.5 Å². The van der Waals surface area contributed by atoms with E-state index in [1.165, 1.54) is 103 Å². The van der Waals surface area contributed by atoms with Crippen LogP contribution in [-0.4, -0.2) is 23.5 Å². The summed E-state index contributed by atoms with van der Waals surface area (Å²) in [7, 11) is 0. The van der Waals surface area contributed by atoms with Gasteiger partial charge in [-0.15, -0.1) is 0 Å². The Morgan fingerprint density at radius 3 is 1.38 bits per heavy atom. The molecule has 5 aliphatic carbocycles. The number of hydrogen-bond donors (Lipinski definition) is 0. The summed E-state index contributed by atoms with van der Waals surface area (Å²) in [4.78, 5) is 11.0. The predicted molar refractivity (Wildman–Crippen MR) is 110 cm³/mol. The first kappa shape index (κ1) is 17.4. The lowest BCUT2D eigenvalue weighted by atomic mass is 9.65. The maximum absolute atomic E-state index is 5.51. The van der Waals surface area contributed by atoms with Crippen LogP contribution in [0.4, 0.5) is 0 Å². The van der Waals surface area contributed by atoms with Crippen molar-refractivity contribution in [3.8, 4) is 0 Å². The van der Waals surface area contributed by atoms with Crippen LogP contribution in [0.2, 0.25) is 0 Å². The van der Waals surface area contributed by atoms with E-state index in [0.717, 1.165) is 23.7 Å². The van der Waals surface area contributed by atoms with Crippen LogP contribution < -0.4 is 0 Å². The molecule has 4 atom stereocenters. The maximum Gasteiger partial charge on any atom is 0.0598 e. The van der Waals surface area contributed by atoms with Crippen molar-refractivity contribution in [2.75, 3.05) is 0 Å². The van der Waals surface area contributed by atoms with Crippen molar-refractivity contribution < 1.29 is 0 Å². The molecule has 26 heavy (non-hydrogen) atoms.